The largest absolute Gasteiger partial charge is 0.490 e. The van der Waals surface area contributed by atoms with Crippen molar-refractivity contribution in [3.63, 3.8) is 0 Å². The van der Waals surface area contributed by atoms with Gasteiger partial charge in [0.1, 0.15) is 0 Å². The Labute approximate surface area is 234 Å². The fraction of sp³-hybridized carbons (Fsp3) is 0.444. The van der Waals surface area contributed by atoms with Crippen LogP contribution in [0.3, 0.4) is 0 Å². The van der Waals surface area contributed by atoms with Crippen LogP contribution in [0.4, 0.5) is 8.78 Å². The smallest absolute Gasteiger partial charge is 0.201 e. The first-order valence-corrected chi connectivity index (χ1v) is 15.0. The highest BCUT2D eigenvalue weighted by atomic mass is 19.2. The van der Waals surface area contributed by atoms with E-state index < -0.39 is 11.6 Å². The predicted molar refractivity (Wildman–Crippen MR) is 159 cm³/mol. The Bertz CT molecular complexity index is 1170. The Morgan fingerprint density at radius 3 is 2.10 bits per heavy atom. The molecule has 39 heavy (non-hydrogen) atoms. The molecule has 3 aromatic rings. The van der Waals surface area contributed by atoms with Crippen LogP contribution in [0.2, 0.25) is 0 Å². The fourth-order valence-corrected chi connectivity index (χ4v) is 5.65. The van der Waals surface area contributed by atoms with Crippen LogP contribution in [0.5, 0.6) is 5.75 Å². The summed E-state index contributed by atoms with van der Waals surface area (Å²) in [6.07, 6.45) is 17.6. The van der Waals surface area contributed by atoms with E-state index in [0.29, 0.717) is 24.0 Å². The molecule has 4 rings (SSSR count). The summed E-state index contributed by atoms with van der Waals surface area (Å²) in [6.45, 7) is 4.56. The highest BCUT2D eigenvalue weighted by molar-refractivity contribution is 5.65. The highest BCUT2D eigenvalue weighted by Gasteiger charge is 2.21. The number of hydrogen-bond donors (Lipinski definition) is 0. The fourth-order valence-electron chi connectivity index (χ4n) is 5.65. The number of aryl methyl sites for hydroxylation is 2. The zero-order valence-electron chi connectivity index (χ0n) is 23.7. The molecule has 0 aliphatic heterocycles. The van der Waals surface area contributed by atoms with Gasteiger partial charge in [-0.15, -0.1) is 0 Å². The Morgan fingerprint density at radius 2 is 1.44 bits per heavy atom. The zero-order valence-corrected chi connectivity index (χ0v) is 23.7. The van der Waals surface area contributed by atoms with Gasteiger partial charge >= 0.3 is 0 Å². The van der Waals surface area contributed by atoms with Crippen LogP contribution in [0.15, 0.2) is 72.8 Å². The van der Waals surface area contributed by atoms with Gasteiger partial charge in [-0.1, -0.05) is 87.4 Å². The maximum absolute atomic E-state index is 14.7. The van der Waals surface area contributed by atoms with Crippen LogP contribution < -0.4 is 4.74 Å². The van der Waals surface area contributed by atoms with E-state index in [1.165, 1.54) is 74.1 Å². The van der Waals surface area contributed by atoms with E-state index in [9.17, 15) is 8.78 Å². The van der Waals surface area contributed by atoms with Crippen molar-refractivity contribution in [1.29, 1.82) is 0 Å². The van der Waals surface area contributed by atoms with Gasteiger partial charge < -0.3 is 4.74 Å². The van der Waals surface area contributed by atoms with Gasteiger partial charge in [-0.05, 0) is 104 Å². The third kappa shape index (κ3) is 8.27. The Balaban J connectivity index is 1.23. The first-order valence-electron chi connectivity index (χ1n) is 15.0. The molecule has 0 heterocycles. The summed E-state index contributed by atoms with van der Waals surface area (Å²) >= 11 is 0. The normalized spacial score (nSPS) is 17.5. The third-order valence-electron chi connectivity index (χ3n) is 8.07. The molecule has 1 aliphatic rings. The lowest BCUT2D eigenvalue weighted by Gasteiger charge is -2.27. The van der Waals surface area contributed by atoms with Gasteiger partial charge in [0.2, 0.25) is 5.82 Å². The molecule has 1 aliphatic carbocycles. The Kier molecular flexibility index (Phi) is 11.2. The van der Waals surface area contributed by atoms with E-state index in [1.807, 2.05) is 19.1 Å². The summed E-state index contributed by atoms with van der Waals surface area (Å²) in [5.74, 6) is -0.583. The van der Waals surface area contributed by atoms with Crippen LogP contribution in [0, 0.1) is 17.6 Å². The Hall–Kier alpha value is -2.94. The molecule has 0 atom stereocenters. The molecular weight excluding hydrogens is 486 g/mol. The van der Waals surface area contributed by atoms with Crippen LogP contribution in [0.25, 0.3) is 11.1 Å². The molecule has 1 nitrogen and oxygen atoms in total. The van der Waals surface area contributed by atoms with E-state index >= 15 is 0 Å². The summed E-state index contributed by atoms with van der Waals surface area (Å²) in [6, 6.07) is 20.4. The van der Waals surface area contributed by atoms with Gasteiger partial charge in [0.25, 0.3) is 0 Å². The van der Waals surface area contributed by atoms with Crippen molar-refractivity contribution in [3.05, 3.63) is 101 Å². The second-order valence-electron chi connectivity index (χ2n) is 11.1. The predicted octanol–water partition coefficient (Wildman–Crippen LogP) is 10.6. The van der Waals surface area contributed by atoms with Gasteiger partial charge in [0.05, 0.1) is 6.61 Å². The van der Waals surface area contributed by atoms with Crippen molar-refractivity contribution >= 4 is 0 Å². The van der Waals surface area contributed by atoms with Gasteiger partial charge in [0, 0.05) is 5.56 Å². The zero-order chi connectivity index (χ0) is 27.5. The van der Waals surface area contributed by atoms with Gasteiger partial charge in [0.15, 0.2) is 11.6 Å². The number of ether oxygens (including phenoxy) is 1. The van der Waals surface area contributed by atoms with Crippen molar-refractivity contribution in [2.75, 3.05) is 6.61 Å². The number of rotatable bonds is 13. The standard InChI is InChI=1S/C36H44F2O/c1-3-5-6-9-27-12-14-28(15-13-27)10-7-8-11-29-16-18-30(19-17-29)31-20-22-32(23-21-31)33-24-25-34(39-26-4-2)36(38)35(33)37/h8,11-15,20-25,29-30H,3-7,9-10,16-19,26H2,1-2H3/b11-8+. The number of benzene rings is 3. The quantitative estimate of drug-likeness (QED) is 0.158. The molecule has 1 fully saturated rings. The van der Waals surface area contributed by atoms with Gasteiger partial charge in [-0.3, -0.25) is 0 Å². The minimum absolute atomic E-state index is 0.0210. The molecule has 0 spiro atoms. The van der Waals surface area contributed by atoms with Crippen LogP contribution in [-0.4, -0.2) is 6.61 Å². The first-order chi connectivity index (χ1) is 19.1. The molecular formula is C36H44F2O. The molecule has 0 aromatic heterocycles. The van der Waals surface area contributed by atoms with Crippen molar-refractivity contribution in [2.24, 2.45) is 5.92 Å². The van der Waals surface area contributed by atoms with Crippen molar-refractivity contribution < 1.29 is 13.5 Å². The molecule has 208 valence electrons. The lowest BCUT2D eigenvalue weighted by atomic mass is 9.78. The second-order valence-corrected chi connectivity index (χ2v) is 11.1. The minimum Gasteiger partial charge on any atom is -0.490 e. The van der Waals surface area contributed by atoms with Crippen LogP contribution >= 0.6 is 0 Å². The molecule has 0 N–H and O–H groups in total. The summed E-state index contributed by atoms with van der Waals surface area (Å²) < 4.78 is 34.4. The van der Waals surface area contributed by atoms with E-state index in [2.05, 4.69) is 55.5 Å². The molecule has 0 saturated heterocycles. The average molecular weight is 531 g/mol. The third-order valence-corrected chi connectivity index (χ3v) is 8.07. The maximum Gasteiger partial charge on any atom is 0.201 e. The van der Waals surface area contributed by atoms with Crippen molar-refractivity contribution in [3.8, 4) is 16.9 Å². The molecule has 0 amide bonds. The molecule has 0 unspecified atom stereocenters. The van der Waals surface area contributed by atoms with E-state index in [1.54, 1.807) is 6.07 Å². The number of hydrogen-bond acceptors (Lipinski definition) is 1. The molecule has 0 bridgehead atoms. The summed E-state index contributed by atoms with van der Waals surface area (Å²) in [5, 5.41) is 0. The van der Waals surface area contributed by atoms with Crippen molar-refractivity contribution in [1.82, 2.24) is 0 Å². The molecule has 0 radical (unpaired) electrons. The topological polar surface area (TPSA) is 9.23 Å². The van der Waals surface area contributed by atoms with Crippen LogP contribution in [-0.2, 0) is 12.8 Å². The molecule has 1 saturated carbocycles. The van der Waals surface area contributed by atoms with E-state index in [0.717, 1.165) is 19.3 Å². The number of unbranched alkanes of at least 4 members (excludes halogenated alkanes) is 2. The lowest BCUT2D eigenvalue weighted by molar-refractivity contribution is 0.295. The SMILES string of the molecule is CCCCCc1ccc(CC/C=C/C2CCC(c3ccc(-c4ccc(OCCC)c(F)c4F)cc3)CC2)cc1. The van der Waals surface area contributed by atoms with E-state index in [4.69, 9.17) is 4.74 Å². The Morgan fingerprint density at radius 1 is 0.744 bits per heavy atom. The lowest BCUT2D eigenvalue weighted by Crippen LogP contribution is -2.11. The van der Waals surface area contributed by atoms with Gasteiger partial charge in [-0.2, -0.15) is 4.39 Å². The van der Waals surface area contributed by atoms with Crippen LogP contribution in [0.1, 0.15) is 94.2 Å². The summed E-state index contributed by atoms with van der Waals surface area (Å²) in [7, 11) is 0. The highest BCUT2D eigenvalue weighted by Crippen LogP contribution is 2.37. The van der Waals surface area contributed by atoms with Gasteiger partial charge in [-0.25, -0.2) is 4.39 Å². The number of halogens is 2. The summed E-state index contributed by atoms with van der Waals surface area (Å²) in [5.41, 5.74) is 5.15. The average Bonchev–Trinajstić information content (AvgIpc) is 2.97. The first kappa shape index (κ1) is 29.1. The monoisotopic (exact) mass is 530 g/mol. The minimum atomic E-state index is -0.910. The molecule has 3 heteroatoms. The molecule has 3 aromatic carbocycles. The van der Waals surface area contributed by atoms with Crippen molar-refractivity contribution in [2.45, 2.75) is 90.4 Å². The van der Waals surface area contributed by atoms with E-state index in [-0.39, 0.29) is 11.3 Å². The maximum atomic E-state index is 14.7. The second kappa shape index (κ2) is 15.0. The summed E-state index contributed by atoms with van der Waals surface area (Å²) in [4.78, 5) is 0. The number of allylic oxidation sites excluding steroid dienone is 2.